The van der Waals surface area contributed by atoms with Crippen molar-refractivity contribution < 1.29 is 52.4 Å². The molecule has 2 rings (SSSR count). The Morgan fingerprint density at radius 2 is 1.32 bits per heavy atom. The van der Waals surface area contributed by atoms with Gasteiger partial charge >= 0.3 is 29.8 Å². The number of ether oxygens (including phenoxy) is 6. The highest BCUT2D eigenvalue weighted by molar-refractivity contribution is 5.70. The van der Waals surface area contributed by atoms with E-state index >= 15 is 0 Å². The van der Waals surface area contributed by atoms with Crippen molar-refractivity contribution in [2.45, 2.75) is 72.1 Å². The molecule has 1 saturated heterocycles. The van der Waals surface area contributed by atoms with Gasteiger partial charge in [0, 0.05) is 40.2 Å². The summed E-state index contributed by atoms with van der Waals surface area (Å²) in [5.74, 6) is -3.29. The molecule has 0 aromatic heterocycles. The van der Waals surface area contributed by atoms with Gasteiger partial charge in [-0.15, -0.1) is 0 Å². The normalized spacial score (nSPS) is 23.9. The number of aryl methyl sites for hydroxylation is 1. The lowest BCUT2D eigenvalue weighted by Crippen LogP contribution is -2.59. The fourth-order valence-electron chi connectivity index (χ4n) is 3.62. The maximum atomic E-state index is 12.0. The van der Waals surface area contributed by atoms with Crippen molar-refractivity contribution >= 4 is 29.8 Å². The van der Waals surface area contributed by atoms with Crippen molar-refractivity contribution in [3.8, 4) is 5.75 Å². The summed E-state index contributed by atoms with van der Waals surface area (Å²) in [6.45, 7) is 7.26. The van der Waals surface area contributed by atoms with Crippen LogP contribution in [0.3, 0.4) is 0 Å². The molecular weight excluding hydrogens is 452 g/mol. The van der Waals surface area contributed by atoms with Crippen molar-refractivity contribution in [1.82, 2.24) is 0 Å². The van der Waals surface area contributed by atoms with Crippen LogP contribution in [0.2, 0.25) is 0 Å². The molecule has 0 amide bonds. The van der Waals surface area contributed by atoms with Gasteiger partial charge in [-0.1, -0.05) is 11.6 Å². The number of carbonyl (C=O) groups excluding carboxylic acids is 5. The second kappa shape index (κ2) is 11.6. The lowest BCUT2D eigenvalue weighted by Gasteiger charge is -2.44. The van der Waals surface area contributed by atoms with E-state index in [0.717, 1.165) is 26.3 Å². The Morgan fingerprint density at radius 3 is 1.85 bits per heavy atom. The number of benzene rings is 1. The van der Waals surface area contributed by atoms with E-state index in [1.807, 2.05) is 0 Å². The predicted molar refractivity (Wildman–Crippen MR) is 113 cm³/mol. The zero-order valence-electron chi connectivity index (χ0n) is 19.8. The van der Waals surface area contributed by atoms with Crippen LogP contribution in [0.5, 0.6) is 5.75 Å². The number of carbonyl (C=O) groups is 5. The molecule has 0 spiro atoms. The summed E-state index contributed by atoms with van der Waals surface area (Å²) in [7, 11) is 0. The molecule has 1 aromatic carbocycles. The first-order valence-electron chi connectivity index (χ1n) is 10.5. The van der Waals surface area contributed by atoms with Crippen molar-refractivity contribution in [1.29, 1.82) is 0 Å². The topological polar surface area (TPSA) is 141 Å². The van der Waals surface area contributed by atoms with Crippen LogP contribution in [0.25, 0.3) is 0 Å². The van der Waals surface area contributed by atoms with Crippen LogP contribution in [-0.4, -0.2) is 60.9 Å². The molecule has 34 heavy (non-hydrogen) atoms. The molecule has 11 nitrogen and oxygen atoms in total. The number of rotatable bonds is 7. The SMILES string of the molecule is CC(=O)OC[C@H]1O[C@@H](c2cc(C)ccc2OC(C)=O)[C@H](OC(C)=O)[C@@H](OC(C)=O)[C@@H]1OC(C)=O. The standard InChI is InChI=1S/C23H28O11/c1-11-7-8-18(30-13(3)25)17(9-11)20-22(32-15(5)27)23(33-16(6)28)21(31-14(4)26)19(34-20)10-29-12(2)24/h7-9,19-23H,10H2,1-6H3/t19-,20+,21-,22+,23+/m1/s1. The van der Waals surface area contributed by atoms with Gasteiger partial charge in [-0.3, -0.25) is 24.0 Å². The largest absolute Gasteiger partial charge is 0.463 e. The van der Waals surface area contributed by atoms with Crippen LogP contribution in [0.15, 0.2) is 18.2 Å². The Kier molecular flexibility index (Phi) is 9.13. The van der Waals surface area contributed by atoms with Crippen LogP contribution in [0, 0.1) is 6.92 Å². The first-order chi connectivity index (χ1) is 15.9. The summed E-state index contributed by atoms with van der Waals surface area (Å²) < 4.78 is 32.8. The fraction of sp³-hybridized carbons (Fsp3) is 0.522. The van der Waals surface area contributed by atoms with Crippen molar-refractivity contribution in [2.24, 2.45) is 0 Å². The molecule has 0 unspecified atom stereocenters. The third-order valence-electron chi connectivity index (χ3n) is 4.72. The molecule has 1 aliphatic heterocycles. The molecule has 1 fully saturated rings. The van der Waals surface area contributed by atoms with Gasteiger partial charge in [-0.05, 0) is 19.1 Å². The van der Waals surface area contributed by atoms with E-state index in [1.54, 1.807) is 25.1 Å². The second-order valence-electron chi connectivity index (χ2n) is 7.75. The predicted octanol–water partition coefficient (Wildman–Crippen LogP) is 1.72. The van der Waals surface area contributed by atoms with Gasteiger partial charge in [-0.25, -0.2) is 0 Å². The minimum Gasteiger partial charge on any atom is -0.463 e. The van der Waals surface area contributed by atoms with Crippen LogP contribution in [0.1, 0.15) is 51.8 Å². The van der Waals surface area contributed by atoms with Gasteiger partial charge in [0.2, 0.25) is 0 Å². The molecule has 11 heteroatoms. The zero-order chi connectivity index (χ0) is 25.6. The van der Waals surface area contributed by atoms with E-state index in [0.29, 0.717) is 5.56 Å². The fourth-order valence-corrected chi connectivity index (χ4v) is 3.62. The summed E-state index contributed by atoms with van der Waals surface area (Å²) in [6.07, 6.45) is -6.15. The van der Waals surface area contributed by atoms with Crippen molar-refractivity contribution in [3.63, 3.8) is 0 Å². The van der Waals surface area contributed by atoms with E-state index in [2.05, 4.69) is 0 Å². The summed E-state index contributed by atoms with van der Waals surface area (Å²) in [6, 6.07) is 4.90. The molecule has 1 heterocycles. The van der Waals surface area contributed by atoms with Gasteiger partial charge in [-0.2, -0.15) is 0 Å². The Hall–Kier alpha value is -3.47. The Balaban J connectivity index is 2.67. The summed E-state index contributed by atoms with van der Waals surface area (Å²) >= 11 is 0. The molecule has 186 valence electrons. The third-order valence-corrected chi connectivity index (χ3v) is 4.72. The number of hydrogen-bond acceptors (Lipinski definition) is 11. The first kappa shape index (κ1) is 26.8. The minimum absolute atomic E-state index is 0.124. The average molecular weight is 480 g/mol. The molecule has 0 aliphatic carbocycles. The molecule has 0 radical (unpaired) electrons. The Labute approximate surface area is 196 Å². The lowest BCUT2D eigenvalue weighted by molar-refractivity contribution is -0.254. The minimum atomic E-state index is -1.32. The zero-order valence-corrected chi connectivity index (χ0v) is 19.8. The van der Waals surface area contributed by atoms with Crippen LogP contribution in [-0.2, 0) is 47.7 Å². The Morgan fingerprint density at radius 1 is 0.765 bits per heavy atom. The van der Waals surface area contributed by atoms with E-state index in [1.165, 1.54) is 13.8 Å². The molecule has 0 N–H and O–H groups in total. The van der Waals surface area contributed by atoms with E-state index in [-0.39, 0.29) is 12.4 Å². The summed E-state index contributed by atoms with van der Waals surface area (Å²) in [5.41, 5.74) is 1.08. The monoisotopic (exact) mass is 480 g/mol. The maximum Gasteiger partial charge on any atom is 0.308 e. The Bertz CT molecular complexity index is 954. The van der Waals surface area contributed by atoms with E-state index in [4.69, 9.17) is 28.4 Å². The quantitative estimate of drug-likeness (QED) is 0.320. The smallest absolute Gasteiger partial charge is 0.308 e. The lowest BCUT2D eigenvalue weighted by atomic mass is 9.89. The van der Waals surface area contributed by atoms with E-state index in [9.17, 15) is 24.0 Å². The summed E-state index contributed by atoms with van der Waals surface area (Å²) in [4.78, 5) is 58.9. The maximum absolute atomic E-state index is 12.0. The molecular formula is C23H28O11. The number of hydrogen-bond donors (Lipinski definition) is 0. The van der Waals surface area contributed by atoms with Gasteiger partial charge in [0.15, 0.2) is 18.3 Å². The van der Waals surface area contributed by atoms with Crippen molar-refractivity contribution in [2.75, 3.05) is 6.61 Å². The highest BCUT2D eigenvalue weighted by atomic mass is 16.7. The van der Waals surface area contributed by atoms with Crippen LogP contribution in [0.4, 0.5) is 0 Å². The van der Waals surface area contributed by atoms with E-state index < -0.39 is 60.4 Å². The van der Waals surface area contributed by atoms with Gasteiger partial charge in [0.25, 0.3) is 0 Å². The highest BCUT2D eigenvalue weighted by Gasteiger charge is 2.53. The summed E-state index contributed by atoms with van der Waals surface area (Å²) in [5, 5.41) is 0. The molecule has 0 saturated carbocycles. The highest BCUT2D eigenvalue weighted by Crippen LogP contribution is 2.41. The third kappa shape index (κ3) is 7.27. The molecule has 5 atom stereocenters. The van der Waals surface area contributed by atoms with Crippen molar-refractivity contribution in [3.05, 3.63) is 29.3 Å². The van der Waals surface area contributed by atoms with Crippen LogP contribution >= 0.6 is 0 Å². The van der Waals surface area contributed by atoms with Gasteiger partial charge < -0.3 is 28.4 Å². The molecule has 0 bridgehead atoms. The van der Waals surface area contributed by atoms with Gasteiger partial charge in [0.05, 0.1) is 0 Å². The molecule has 1 aromatic rings. The average Bonchev–Trinajstić information content (AvgIpc) is 2.69. The number of esters is 5. The first-order valence-corrected chi connectivity index (χ1v) is 10.5. The second-order valence-corrected chi connectivity index (χ2v) is 7.75. The van der Waals surface area contributed by atoms with Crippen LogP contribution < -0.4 is 4.74 Å². The molecule has 1 aliphatic rings. The van der Waals surface area contributed by atoms with Gasteiger partial charge in [0.1, 0.15) is 24.6 Å².